The first kappa shape index (κ1) is 7.81. The fourth-order valence-electron chi connectivity index (χ4n) is 0.609. The van der Waals surface area contributed by atoms with E-state index >= 15 is 0 Å². The number of nitrogens with one attached hydrogen (secondary N) is 2. The summed E-state index contributed by atoms with van der Waals surface area (Å²) in [4.78, 5) is 21.4. The van der Waals surface area contributed by atoms with E-state index < -0.39 is 21.6 Å². The Morgan fingerprint density at radius 1 is 1.18 bits per heavy atom. The predicted molar refractivity (Wildman–Crippen MR) is 38.1 cm³/mol. The van der Waals surface area contributed by atoms with Crippen LogP contribution >= 0.6 is 11.6 Å². The molecule has 0 bridgehead atoms. The Morgan fingerprint density at radius 2 is 1.73 bits per heavy atom. The summed E-state index contributed by atoms with van der Waals surface area (Å²) in [5, 5.41) is 12.3. The SMILES string of the molecule is N=c1c(=O)cc(Cl)c(=O)c1=N. The first-order valence-electron chi connectivity index (χ1n) is 2.67. The Hall–Kier alpha value is -1.29. The maximum atomic E-state index is 10.8. The molecule has 56 valence electrons. The topological polar surface area (TPSA) is 81.8 Å². The lowest BCUT2D eigenvalue weighted by Crippen LogP contribution is -2.46. The van der Waals surface area contributed by atoms with Gasteiger partial charge in [0.05, 0.1) is 5.02 Å². The molecule has 0 aliphatic rings. The molecule has 1 aromatic carbocycles. The molecule has 0 heterocycles. The number of rotatable bonds is 0. The highest BCUT2D eigenvalue weighted by Crippen LogP contribution is 1.89. The zero-order valence-corrected chi connectivity index (χ0v) is 6.03. The maximum absolute atomic E-state index is 10.8. The van der Waals surface area contributed by atoms with Crippen LogP contribution in [0.1, 0.15) is 0 Å². The molecule has 0 radical (unpaired) electrons. The Labute approximate surface area is 65.4 Å². The molecule has 4 nitrogen and oxygen atoms in total. The number of benzene rings is 1. The molecular formula is C6H3ClN2O2. The molecule has 1 aromatic rings. The number of hydrogen-bond donors (Lipinski definition) is 2. The van der Waals surface area contributed by atoms with E-state index in [1.54, 1.807) is 0 Å². The standard InChI is InChI=1S/C6H3ClN2O2/c7-2-1-3(10)4(8)5(9)6(2)11/h1,8-9H. The quantitative estimate of drug-likeness (QED) is 0.518. The van der Waals surface area contributed by atoms with Crippen LogP contribution in [0.3, 0.4) is 0 Å². The minimum Gasteiger partial charge on any atom is -0.295 e. The zero-order valence-electron chi connectivity index (χ0n) is 5.27. The highest BCUT2D eigenvalue weighted by Gasteiger charge is 2.01. The van der Waals surface area contributed by atoms with E-state index in [1.807, 2.05) is 0 Å². The van der Waals surface area contributed by atoms with Gasteiger partial charge < -0.3 is 0 Å². The Bertz CT molecular complexity index is 485. The van der Waals surface area contributed by atoms with E-state index in [1.165, 1.54) is 0 Å². The van der Waals surface area contributed by atoms with Gasteiger partial charge in [-0.25, -0.2) is 0 Å². The lowest BCUT2D eigenvalue weighted by atomic mass is 10.3. The molecule has 11 heavy (non-hydrogen) atoms. The second-order valence-corrected chi connectivity index (χ2v) is 2.34. The van der Waals surface area contributed by atoms with E-state index in [4.69, 9.17) is 22.4 Å². The van der Waals surface area contributed by atoms with Crippen molar-refractivity contribution in [1.82, 2.24) is 0 Å². The van der Waals surface area contributed by atoms with Crippen molar-refractivity contribution in [2.24, 2.45) is 0 Å². The maximum Gasteiger partial charge on any atom is 0.224 e. The van der Waals surface area contributed by atoms with Crippen LogP contribution in [0, 0.1) is 10.8 Å². The summed E-state index contributed by atoms with van der Waals surface area (Å²) in [6.07, 6.45) is 0. The van der Waals surface area contributed by atoms with Gasteiger partial charge in [0.1, 0.15) is 10.7 Å². The van der Waals surface area contributed by atoms with E-state index in [0.29, 0.717) is 0 Å². The van der Waals surface area contributed by atoms with Gasteiger partial charge in [0, 0.05) is 6.07 Å². The van der Waals surface area contributed by atoms with Crippen LogP contribution < -0.4 is 21.6 Å². The van der Waals surface area contributed by atoms with E-state index in [9.17, 15) is 9.59 Å². The number of halogens is 1. The van der Waals surface area contributed by atoms with Crippen LogP contribution in [0.15, 0.2) is 15.7 Å². The Balaban J connectivity index is 4.06. The van der Waals surface area contributed by atoms with Crippen molar-refractivity contribution in [3.63, 3.8) is 0 Å². The first-order valence-corrected chi connectivity index (χ1v) is 3.05. The summed E-state index contributed by atoms with van der Waals surface area (Å²) in [5.41, 5.74) is -1.46. The van der Waals surface area contributed by atoms with Gasteiger partial charge in [0.25, 0.3) is 0 Å². The first-order chi connectivity index (χ1) is 5.04. The van der Waals surface area contributed by atoms with Crippen LogP contribution in [0.25, 0.3) is 0 Å². The van der Waals surface area contributed by atoms with Gasteiger partial charge in [0.2, 0.25) is 10.9 Å². The van der Waals surface area contributed by atoms with Crippen LogP contribution in [-0.2, 0) is 0 Å². The molecule has 0 aromatic heterocycles. The largest absolute Gasteiger partial charge is 0.295 e. The minimum atomic E-state index is -0.767. The van der Waals surface area contributed by atoms with Crippen molar-refractivity contribution in [3.05, 3.63) is 42.3 Å². The van der Waals surface area contributed by atoms with Crippen molar-refractivity contribution in [2.75, 3.05) is 0 Å². The molecule has 0 fully saturated rings. The Morgan fingerprint density at radius 3 is 2.27 bits per heavy atom. The van der Waals surface area contributed by atoms with E-state index in [-0.39, 0.29) is 5.02 Å². The fourth-order valence-corrected chi connectivity index (χ4v) is 0.803. The van der Waals surface area contributed by atoms with Crippen molar-refractivity contribution in [1.29, 1.82) is 10.8 Å². The molecule has 0 saturated carbocycles. The fraction of sp³-hybridized carbons (Fsp3) is 0. The summed E-state index contributed by atoms with van der Waals surface area (Å²) < 4.78 is 0. The minimum absolute atomic E-state index is 0.295. The molecule has 0 saturated heterocycles. The second-order valence-electron chi connectivity index (χ2n) is 1.94. The van der Waals surface area contributed by atoms with Crippen LogP contribution in [0.5, 0.6) is 0 Å². The molecule has 0 atom stereocenters. The molecule has 2 N–H and O–H groups in total. The molecule has 0 unspecified atom stereocenters. The summed E-state index contributed by atoms with van der Waals surface area (Å²) >= 11 is 5.28. The smallest absolute Gasteiger partial charge is 0.224 e. The van der Waals surface area contributed by atoms with Crippen molar-refractivity contribution < 1.29 is 0 Å². The zero-order chi connectivity index (χ0) is 8.59. The van der Waals surface area contributed by atoms with Gasteiger partial charge in [-0.1, -0.05) is 11.6 Å². The molecule has 5 heteroatoms. The summed E-state index contributed by atoms with van der Waals surface area (Å²) in [6.45, 7) is 0. The highest BCUT2D eigenvalue weighted by molar-refractivity contribution is 6.30. The molecule has 0 spiro atoms. The van der Waals surface area contributed by atoms with Gasteiger partial charge in [-0.3, -0.25) is 20.4 Å². The number of hydrogen-bond acceptors (Lipinski definition) is 4. The molecule has 1 rings (SSSR count). The average molecular weight is 171 g/mol. The van der Waals surface area contributed by atoms with Gasteiger partial charge >= 0.3 is 0 Å². The van der Waals surface area contributed by atoms with E-state index in [2.05, 4.69) is 0 Å². The predicted octanol–water partition coefficient (Wildman–Crippen LogP) is -1.11. The summed E-state index contributed by atoms with van der Waals surface area (Å²) in [7, 11) is 0. The lowest BCUT2D eigenvalue weighted by molar-refractivity contribution is 1.08. The summed E-state index contributed by atoms with van der Waals surface area (Å²) in [6, 6.07) is 0.851. The normalized spacial score (nSPS) is 9.91. The van der Waals surface area contributed by atoms with Crippen LogP contribution in [0.2, 0.25) is 5.02 Å². The molecule has 0 aliphatic carbocycles. The summed E-state index contributed by atoms with van der Waals surface area (Å²) in [5.74, 6) is 0. The third-order valence-electron chi connectivity index (χ3n) is 1.20. The third kappa shape index (κ3) is 1.12. The molecule has 0 amide bonds. The van der Waals surface area contributed by atoms with Gasteiger partial charge in [-0.2, -0.15) is 0 Å². The monoisotopic (exact) mass is 170 g/mol. The van der Waals surface area contributed by atoms with Crippen molar-refractivity contribution in [3.8, 4) is 0 Å². The van der Waals surface area contributed by atoms with Crippen LogP contribution in [-0.4, -0.2) is 0 Å². The third-order valence-corrected chi connectivity index (χ3v) is 1.48. The lowest BCUT2D eigenvalue weighted by Gasteiger charge is -1.82. The average Bonchev–Trinajstić information content (AvgIpc) is 1.97. The van der Waals surface area contributed by atoms with Gasteiger partial charge in [0.15, 0.2) is 0 Å². The van der Waals surface area contributed by atoms with Crippen molar-refractivity contribution in [2.45, 2.75) is 0 Å². The van der Waals surface area contributed by atoms with Gasteiger partial charge in [-0.05, 0) is 0 Å². The Kier molecular flexibility index (Phi) is 1.70. The molecule has 0 aliphatic heterocycles. The van der Waals surface area contributed by atoms with Crippen LogP contribution in [0.4, 0.5) is 0 Å². The van der Waals surface area contributed by atoms with Crippen molar-refractivity contribution >= 4 is 11.6 Å². The van der Waals surface area contributed by atoms with Gasteiger partial charge in [-0.15, -0.1) is 0 Å². The highest BCUT2D eigenvalue weighted by atomic mass is 35.5. The second kappa shape index (κ2) is 2.39. The molecular weight excluding hydrogens is 168 g/mol. The van der Waals surface area contributed by atoms with E-state index in [0.717, 1.165) is 6.07 Å².